The maximum absolute atomic E-state index is 9.02. The van der Waals surface area contributed by atoms with E-state index < -0.39 is 0 Å². The fourth-order valence-corrected chi connectivity index (χ4v) is 1.70. The summed E-state index contributed by atoms with van der Waals surface area (Å²) in [6.07, 6.45) is 0.572. The van der Waals surface area contributed by atoms with Gasteiger partial charge in [0.15, 0.2) is 0 Å². The van der Waals surface area contributed by atoms with E-state index >= 15 is 0 Å². The van der Waals surface area contributed by atoms with Crippen LogP contribution in [0.25, 0.3) is 0 Å². The van der Waals surface area contributed by atoms with Gasteiger partial charge in [-0.1, -0.05) is 25.1 Å². The zero-order chi connectivity index (χ0) is 11.3. The average molecular weight is 204 g/mol. The van der Waals surface area contributed by atoms with Gasteiger partial charge in [-0.15, -0.1) is 0 Å². The summed E-state index contributed by atoms with van der Waals surface area (Å²) in [5, 5.41) is 18.0. The van der Waals surface area contributed by atoms with Crippen molar-refractivity contribution < 1.29 is 5.11 Å². The number of hydrogen-bond donors (Lipinski definition) is 2. The van der Waals surface area contributed by atoms with Gasteiger partial charge in [0.2, 0.25) is 0 Å². The highest BCUT2D eigenvalue weighted by Gasteiger charge is 2.26. The van der Waals surface area contributed by atoms with Crippen LogP contribution in [-0.4, -0.2) is 18.3 Å². The third kappa shape index (κ3) is 2.35. The lowest BCUT2D eigenvalue weighted by molar-refractivity contribution is 0.247. The normalized spacial score (nSPS) is 14.3. The molecular weight excluding hydrogens is 188 g/mol. The van der Waals surface area contributed by atoms with E-state index in [1.54, 1.807) is 6.07 Å². The van der Waals surface area contributed by atoms with E-state index in [1.807, 2.05) is 25.1 Å². The average Bonchev–Trinajstić information content (AvgIpc) is 2.29. The van der Waals surface area contributed by atoms with Gasteiger partial charge in [0.1, 0.15) is 0 Å². The summed E-state index contributed by atoms with van der Waals surface area (Å²) in [7, 11) is 0. The van der Waals surface area contributed by atoms with Crippen molar-refractivity contribution in [3.05, 3.63) is 35.4 Å². The van der Waals surface area contributed by atoms with Crippen LogP contribution in [0.2, 0.25) is 0 Å². The first-order valence-corrected chi connectivity index (χ1v) is 4.98. The molecule has 3 nitrogen and oxygen atoms in total. The highest BCUT2D eigenvalue weighted by atomic mass is 16.3. The van der Waals surface area contributed by atoms with E-state index in [2.05, 4.69) is 6.07 Å². The summed E-state index contributed by atoms with van der Waals surface area (Å²) in [6, 6.07) is 9.56. The predicted octanol–water partition coefficient (Wildman–Crippen LogP) is 1.16. The number of benzene rings is 1. The van der Waals surface area contributed by atoms with Crippen molar-refractivity contribution in [3.63, 3.8) is 0 Å². The zero-order valence-corrected chi connectivity index (χ0v) is 8.90. The third-order valence-electron chi connectivity index (χ3n) is 2.81. The molecule has 15 heavy (non-hydrogen) atoms. The zero-order valence-electron chi connectivity index (χ0n) is 8.90. The number of aliphatic hydroxyl groups excluding tert-OH is 1. The molecule has 0 bridgehead atoms. The first-order valence-electron chi connectivity index (χ1n) is 4.98. The van der Waals surface area contributed by atoms with Crippen molar-refractivity contribution >= 4 is 0 Å². The van der Waals surface area contributed by atoms with Crippen LogP contribution in [-0.2, 0) is 5.41 Å². The quantitative estimate of drug-likeness (QED) is 0.773. The lowest BCUT2D eigenvalue weighted by Gasteiger charge is -2.28. The number of hydrogen-bond acceptors (Lipinski definition) is 3. The summed E-state index contributed by atoms with van der Waals surface area (Å²) in [6.45, 7) is 2.47. The number of rotatable bonds is 4. The van der Waals surface area contributed by atoms with Crippen molar-refractivity contribution in [1.82, 2.24) is 0 Å². The number of nitrogens with zero attached hydrogens (tertiary/aromatic N) is 1. The van der Waals surface area contributed by atoms with Crippen LogP contribution < -0.4 is 5.73 Å². The molecule has 80 valence electrons. The minimum absolute atomic E-state index is 0.0768. The molecular formula is C12H16N2O. The molecule has 0 saturated carbocycles. The van der Waals surface area contributed by atoms with Crippen LogP contribution in [0.15, 0.2) is 24.3 Å². The molecule has 0 spiro atoms. The summed E-state index contributed by atoms with van der Waals surface area (Å²) >= 11 is 0. The van der Waals surface area contributed by atoms with Crippen molar-refractivity contribution in [1.29, 1.82) is 5.26 Å². The van der Waals surface area contributed by atoms with Crippen LogP contribution >= 0.6 is 0 Å². The molecule has 0 heterocycles. The SMILES string of the molecule is CC(CN)(CCO)c1ccccc1C#N. The minimum atomic E-state index is -0.318. The van der Waals surface area contributed by atoms with Crippen molar-refractivity contribution in [2.45, 2.75) is 18.8 Å². The van der Waals surface area contributed by atoms with Gasteiger partial charge < -0.3 is 10.8 Å². The molecule has 0 radical (unpaired) electrons. The Balaban J connectivity index is 3.18. The maximum atomic E-state index is 9.02. The second-order valence-corrected chi connectivity index (χ2v) is 3.90. The molecule has 0 saturated heterocycles. The van der Waals surface area contributed by atoms with Gasteiger partial charge in [-0.3, -0.25) is 0 Å². The Morgan fingerprint density at radius 1 is 1.47 bits per heavy atom. The molecule has 0 aliphatic heterocycles. The van der Waals surface area contributed by atoms with Crippen LogP contribution in [0.3, 0.4) is 0 Å². The highest BCUT2D eigenvalue weighted by molar-refractivity contribution is 5.42. The Morgan fingerprint density at radius 2 is 2.13 bits per heavy atom. The Kier molecular flexibility index (Phi) is 3.84. The van der Waals surface area contributed by atoms with Gasteiger partial charge >= 0.3 is 0 Å². The summed E-state index contributed by atoms with van der Waals surface area (Å²) in [4.78, 5) is 0. The van der Waals surface area contributed by atoms with Gasteiger partial charge in [-0.2, -0.15) is 5.26 Å². The van der Waals surface area contributed by atoms with Gasteiger partial charge in [0, 0.05) is 18.6 Å². The van der Waals surface area contributed by atoms with E-state index in [0.29, 0.717) is 18.5 Å². The summed E-state index contributed by atoms with van der Waals surface area (Å²) in [5.74, 6) is 0. The first-order chi connectivity index (χ1) is 7.18. The fourth-order valence-electron chi connectivity index (χ4n) is 1.70. The molecule has 0 amide bonds. The van der Waals surface area contributed by atoms with Crippen molar-refractivity contribution in [3.8, 4) is 6.07 Å². The smallest absolute Gasteiger partial charge is 0.0994 e. The van der Waals surface area contributed by atoms with Gasteiger partial charge in [-0.05, 0) is 18.1 Å². The standard InChI is InChI=1S/C12H16N2O/c1-12(9-14,6-7-15)11-5-3-2-4-10(11)8-13/h2-5,15H,6-7,9,14H2,1H3. The molecule has 0 fully saturated rings. The van der Waals surface area contributed by atoms with Crippen molar-refractivity contribution in [2.75, 3.05) is 13.2 Å². The van der Waals surface area contributed by atoms with Crippen LogP contribution in [0.4, 0.5) is 0 Å². The molecule has 1 rings (SSSR count). The largest absolute Gasteiger partial charge is 0.396 e. The Labute approximate surface area is 90.1 Å². The summed E-state index contributed by atoms with van der Waals surface area (Å²) < 4.78 is 0. The second-order valence-electron chi connectivity index (χ2n) is 3.90. The second kappa shape index (κ2) is 4.92. The Morgan fingerprint density at radius 3 is 2.67 bits per heavy atom. The molecule has 0 aliphatic rings. The maximum Gasteiger partial charge on any atom is 0.0994 e. The van der Waals surface area contributed by atoms with Crippen LogP contribution in [0, 0.1) is 11.3 Å². The topological polar surface area (TPSA) is 70.0 Å². The van der Waals surface area contributed by atoms with Crippen molar-refractivity contribution in [2.24, 2.45) is 5.73 Å². The lowest BCUT2D eigenvalue weighted by atomic mass is 9.78. The van der Waals surface area contributed by atoms with Gasteiger partial charge in [0.25, 0.3) is 0 Å². The van der Waals surface area contributed by atoms with Crippen LogP contribution in [0.5, 0.6) is 0 Å². The molecule has 3 N–H and O–H groups in total. The molecule has 1 aromatic rings. The third-order valence-corrected chi connectivity index (χ3v) is 2.81. The molecule has 0 aliphatic carbocycles. The highest BCUT2D eigenvalue weighted by Crippen LogP contribution is 2.28. The molecule has 1 unspecified atom stereocenters. The van der Waals surface area contributed by atoms with Gasteiger partial charge in [0.05, 0.1) is 11.6 Å². The Hall–Kier alpha value is -1.37. The fraction of sp³-hybridized carbons (Fsp3) is 0.417. The van der Waals surface area contributed by atoms with E-state index in [9.17, 15) is 0 Å². The lowest BCUT2D eigenvalue weighted by Crippen LogP contribution is -2.33. The van der Waals surface area contributed by atoms with Gasteiger partial charge in [-0.25, -0.2) is 0 Å². The van der Waals surface area contributed by atoms with E-state index in [4.69, 9.17) is 16.1 Å². The molecule has 0 aromatic heterocycles. The number of nitrogens with two attached hydrogens (primary N) is 1. The molecule has 1 aromatic carbocycles. The predicted molar refractivity (Wildman–Crippen MR) is 59.3 cm³/mol. The van der Waals surface area contributed by atoms with Crippen LogP contribution in [0.1, 0.15) is 24.5 Å². The molecule has 3 heteroatoms. The molecule has 1 atom stereocenters. The van der Waals surface area contributed by atoms with E-state index in [0.717, 1.165) is 5.56 Å². The monoisotopic (exact) mass is 204 g/mol. The summed E-state index contributed by atoms with van der Waals surface area (Å²) in [5.41, 5.74) is 6.97. The number of aliphatic hydroxyl groups is 1. The van der Waals surface area contributed by atoms with E-state index in [-0.39, 0.29) is 12.0 Å². The number of nitriles is 1. The Bertz CT molecular complexity index is 370. The van der Waals surface area contributed by atoms with E-state index in [1.165, 1.54) is 0 Å². The first kappa shape index (κ1) is 11.7. The minimum Gasteiger partial charge on any atom is -0.396 e.